The molecule has 0 saturated carbocycles. The average Bonchev–Trinajstić information content (AvgIpc) is 2.92. The maximum absolute atomic E-state index is 10.2. The number of rotatable bonds is 7. The molecule has 19 heavy (non-hydrogen) atoms. The Bertz CT molecular complexity index is 476. The molecular formula is C17H22OS. The Labute approximate surface area is 119 Å². The molecule has 1 aromatic carbocycles. The van der Waals surface area contributed by atoms with Crippen LogP contribution in [0.3, 0.4) is 0 Å². The summed E-state index contributed by atoms with van der Waals surface area (Å²) < 4.78 is 0. The van der Waals surface area contributed by atoms with E-state index >= 15 is 0 Å². The van der Waals surface area contributed by atoms with Crippen molar-refractivity contribution in [1.82, 2.24) is 0 Å². The summed E-state index contributed by atoms with van der Waals surface area (Å²) in [5.74, 6) is 0. The van der Waals surface area contributed by atoms with E-state index in [9.17, 15) is 5.11 Å². The van der Waals surface area contributed by atoms with Crippen LogP contribution in [0.1, 0.15) is 48.3 Å². The molecule has 1 aromatic heterocycles. The SMILES string of the molecule is CCCc1cccc(C(O)CCCc2cccs2)c1. The first-order valence-corrected chi connectivity index (χ1v) is 7.97. The molecule has 0 saturated heterocycles. The van der Waals surface area contributed by atoms with Gasteiger partial charge in [0.2, 0.25) is 0 Å². The number of hydrogen-bond donors (Lipinski definition) is 1. The van der Waals surface area contributed by atoms with Crippen LogP contribution in [0.4, 0.5) is 0 Å². The van der Waals surface area contributed by atoms with Crippen LogP contribution in [0.2, 0.25) is 0 Å². The molecule has 1 atom stereocenters. The van der Waals surface area contributed by atoms with E-state index in [2.05, 4.69) is 42.6 Å². The lowest BCUT2D eigenvalue weighted by Gasteiger charge is -2.12. The van der Waals surface area contributed by atoms with Crippen LogP contribution in [0, 0.1) is 0 Å². The second-order valence-corrected chi connectivity index (χ2v) is 6.01. The molecule has 2 aromatic rings. The maximum Gasteiger partial charge on any atom is 0.0790 e. The zero-order valence-corrected chi connectivity index (χ0v) is 12.3. The fraction of sp³-hybridized carbons (Fsp3) is 0.412. The van der Waals surface area contributed by atoms with Crippen LogP contribution in [0.15, 0.2) is 41.8 Å². The molecule has 0 aliphatic rings. The normalized spacial score (nSPS) is 12.5. The molecule has 1 heterocycles. The smallest absolute Gasteiger partial charge is 0.0790 e. The van der Waals surface area contributed by atoms with Gasteiger partial charge in [-0.3, -0.25) is 0 Å². The second-order valence-electron chi connectivity index (χ2n) is 4.98. The molecule has 0 amide bonds. The summed E-state index contributed by atoms with van der Waals surface area (Å²) in [5, 5.41) is 12.4. The predicted octanol–water partition coefficient (Wildman–Crippen LogP) is 4.76. The van der Waals surface area contributed by atoms with Crippen molar-refractivity contribution in [1.29, 1.82) is 0 Å². The van der Waals surface area contributed by atoms with E-state index in [1.807, 2.05) is 6.07 Å². The lowest BCUT2D eigenvalue weighted by atomic mass is 10.00. The highest BCUT2D eigenvalue weighted by atomic mass is 32.1. The largest absolute Gasteiger partial charge is 0.388 e. The van der Waals surface area contributed by atoms with Crippen molar-refractivity contribution in [3.63, 3.8) is 0 Å². The topological polar surface area (TPSA) is 20.2 Å². The summed E-state index contributed by atoms with van der Waals surface area (Å²) in [6.07, 6.45) is 4.88. The average molecular weight is 274 g/mol. The summed E-state index contributed by atoms with van der Waals surface area (Å²) in [7, 11) is 0. The predicted molar refractivity (Wildman–Crippen MR) is 82.7 cm³/mol. The van der Waals surface area contributed by atoms with Gasteiger partial charge in [0.25, 0.3) is 0 Å². The molecule has 102 valence electrons. The maximum atomic E-state index is 10.2. The van der Waals surface area contributed by atoms with Gasteiger partial charge in [0.1, 0.15) is 0 Å². The summed E-state index contributed by atoms with van der Waals surface area (Å²) in [4.78, 5) is 1.41. The van der Waals surface area contributed by atoms with Gasteiger partial charge in [0.05, 0.1) is 6.10 Å². The van der Waals surface area contributed by atoms with E-state index in [-0.39, 0.29) is 6.10 Å². The quantitative estimate of drug-likeness (QED) is 0.772. The van der Waals surface area contributed by atoms with E-state index in [0.717, 1.165) is 37.7 Å². The van der Waals surface area contributed by atoms with Gasteiger partial charge in [-0.2, -0.15) is 0 Å². The molecule has 0 radical (unpaired) electrons. The summed E-state index contributed by atoms with van der Waals surface area (Å²) in [5.41, 5.74) is 2.40. The molecule has 0 fully saturated rings. The van der Waals surface area contributed by atoms with Crippen molar-refractivity contribution < 1.29 is 5.11 Å². The third kappa shape index (κ3) is 4.48. The zero-order chi connectivity index (χ0) is 13.5. The second kappa shape index (κ2) is 7.46. The van der Waals surface area contributed by atoms with Crippen molar-refractivity contribution in [2.45, 2.75) is 45.1 Å². The monoisotopic (exact) mass is 274 g/mol. The number of aliphatic hydroxyl groups excluding tert-OH is 1. The Balaban J connectivity index is 1.85. The van der Waals surface area contributed by atoms with E-state index in [0.29, 0.717) is 0 Å². The van der Waals surface area contributed by atoms with Crippen molar-refractivity contribution in [2.24, 2.45) is 0 Å². The molecule has 1 N–H and O–H groups in total. The first kappa shape index (κ1) is 14.3. The van der Waals surface area contributed by atoms with Gasteiger partial charge < -0.3 is 5.11 Å². The van der Waals surface area contributed by atoms with Crippen molar-refractivity contribution in [3.8, 4) is 0 Å². The van der Waals surface area contributed by atoms with E-state index in [1.54, 1.807) is 11.3 Å². The lowest BCUT2D eigenvalue weighted by molar-refractivity contribution is 0.164. The van der Waals surface area contributed by atoms with E-state index in [4.69, 9.17) is 0 Å². The van der Waals surface area contributed by atoms with Gasteiger partial charge in [0.15, 0.2) is 0 Å². The summed E-state index contributed by atoms with van der Waals surface area (Å²) >= 11 is 1.80. The molecule has 0 aliphatic heterocycles. The highest BCUT2D eigenvalue weighted by Gasteiger charge is 2.08. The van der Waals surface area contributed by atoms with Gasteiger partial charge in [-0.25, -0.2) is 0 Å². The van der Waals surface area contributed by atoms with Crippen molar-refractivity contribution in [2.75, 3.05) is 0 Å². The molecule has 0 aliphatic carbocycles. The third-order valence-electron chi connectivity index (χ3n) is 3.36. The van der Waals surface area contributed by atoms with Crippen LogP contribution >= 0.6 is 11.3 Å². The Kier molecular flexibility index (Phi) is 5.62. The van der Waals surface area contributed by atoms with Gasteiger partial charge in [0, 0.05) is 4.88 Å². The molecule has 1 unspecified atom stereocenters. The Morgan fingerprint density at radius 1 is 1.16 bits per heavy atom. The fourth-order valence-corrected chi connectivity index (χ4v) is 3.09. The van der Waals surface area contributed by atoms with Crippen molar-refractivity contribution in [3.05, 3.63) is 57.8 Å². The van der Waals surface area contributed by atoms with Crippen LogP contribution in [-0.2, 0) is 12.8 Å². The van der Waals surface area contributed by atoms with Crippen LogP contribution in [0.5, 0.6) is 0 Å². The van der Waals surface area contributed by atoms with E-state index < -0.39 is 0 Å². The van der Waals surface area contributed by atoms with Crippen LogP contribution < -0.4 is 0 Å². The zero-order valence-electron chi connectivity index (χ0n) is 11.5. The third-order valence-corrected chi connectivity index (χ3v) is 4.29. The summed E-state index contributed by atoms with van der Waals surface area (Å²) in [6, 6.07) is 12.6. The highest BCUT2D eigenvalue weighted by molar-refractivity contribution is 7.09. The molecular weight excluding hydrogens is 252 g/mol. The number of hydrogen-bond acceptors (Lipinski definition) is 2. The van der Waals surface area contributed by atoms with Crippen molar-refractivity contribution >= 4 is 11.3 Å². The molecule has 2 rings (SSSR count). The molecule has 0 spiro atoms. The Hall–Kier alpha value is -1.12. The first-order valence-electron chi connectivity index (χ1n) is 7.09. The number of aryl methyl sites for hydroxylation is 2. The first-order chi connectivity index (χ1) is 9.29. The highest BCUT2D eigenvalue weighted by Crippen LogP contribution is 2.22. The molecule has 0 bridgehead atoms. The fourth-order valence-electron chi connectivity index (χ4n) is 2.34. The molecule has 1 nitrogen and oxygen atoms in total. The molecule has 2 heteroatoms. The lowest BCUT2D eigenvalue weighted by Crippen LogP contribution is -1.99. The van der Waals surface area contributed by atoms with Gasteiger partial charge in [-0.05, 0) is 48.3 Å². The number of thiophene rings is 1. The summed E-state index contributed by atoms with van der Waals surface area (Å²) in [6.45, 7) is 2.18. The minimum atomic E-state index is -0.322. The Morgan fingerprint density at radius 2 is 2.05 bits per heavy atom. The Morgan fingerprint density at radius 3 is 2.79 bits per heavy atom. The minimum Gasteiger partial charge on any atom is -0.388 e. The van der Waals surface area contributed by atoms with E-state index in [1.165, 1.54) is 10.4 Å². The van der Waals surface area contributed by atoms with Gasteiger partial charge >= 0.3 is 0 Å². The standard InChI is InChI=1S/C17H22OS/c1-2-6-14-7-3-8-15(13-14)17(18)11-4-9-16-10-5-12-19-16/h3,5,7-8,10,12-13,17-18H,2,4,6,9,11H2,1H3. The minimum absolute atomic E-state index is 0.322. The van der Waals surface area contributed by atoms with Gasteiger partial charge in [-0.15, -0.1) is 11.3 Å². The number of aliphatic hydroxyl groups is 1. The number of benzene rings is 1. The van der Waals surface area contributed by atoms with Crippen LogP contribution in [0.25, 0.3) is 0 Å². The van der Waals surface area contributed by atoms with Gasteiger partial charge in [-0.1, -0.05) is 43.7 Å². The van der Waals surface area contributed by atoms with Crippen LogP contribution in [-0.4, -0.2) is 5.11 Å².